The Kier molecular flexibility index (Phi) is 8.29. The van der Waals surface area contributed by atoms with E-state index >= 15 is 0 Å². The molecule has 0 aliphatic heterocycles. The Balaban J connectivity index is 1.44. The van der Waals surface area contributed by atoms with Gasteiger partial charge in [0, 0.05) is 16.7 Å². The predicted octanol–water partition coefficient (Wildman–Crippen LogP) is 6.04. The molecule has 0 aliphatic carbocycles. The highest BCUT2D eigenvalue weighted by molar-refractivity contribution is 6.00. The van der Waals surface area contributed by atoms with Gasteiger partial charge in [0.05, 0.1) is 56.4 Å². The normalized spacial score (nSPS) is 10.7. The Bertz CT molecular complexity index is 1750. The fourth-order valence-corrected chi connectivity index (χ4v) is 4.39. The first-order chi connectivity index (χ1) is 20.4. The molecule has 5 aromatic rings. The number of fused-ring (bicyclic) bond motifs is 1. The first kappa shape index (κ1) is 28.1. The number of carbonyl (C=O) groups excluding carboxylic acids is 2. The Morgan fingerprint density at radius 2 is 1.12 bits per heavy atom. The summed E-state index contributed by atoms with van der Waals surface area (Å²) in [5.41, 5.74) is 4.65. The van der Waals surface area contributed by atoms with E-state index in [-0.39, 0.29) is 11.3 Å². The molecule has 0 radical (unpaired) electrons. The van der Waals surface area contributed by atoms with Crippen LogP contribution in [0.15, 0.2) is 84.9 Å². The van der Waals surface area contributed by atoms with Gasteiger partial charge in [0.15, 0.2) is 23.9 Å². The number of aromatic nitrogens is 2. The summed E-state index contributed by atoms with van der Waals surface area (Å²) >= 11 is 0. The van der Waals surface area contributed by atoms with Crippen LogP contribution in [0.25, 0.3) is 33.5 Å². The third-order valence-corrected chi connectivity index (χ3v) is 6.67. The molecule has 1 heterocycles. The van der Waals surface area contributed by atoms with E-state index < -0.39 is 12.6 Å². The lowest BCUT2D eigenvalue weighted by atomic mass is 10.0. The second kappa shape index (κ2) is 12.4. The molecular weight excluding hydrogens is 536 g/mol. The molecule has 0 bridgehead atoms. The largest absolute Gasteiger partial charge is 0.497 e. The number of rotatable bonds is 10. The van der Waals surface area contributed by atoms with Crippen LogP contribution in [0, 0.1) is 0 Å². The van der Waals surface area contributed by atoms with Crippen LogP contribution in [-0.4, -0.2) is 56.8 Å². The first-order valence-corrected chi connectivity index (χ1v) is 13.0. The molecule has 0 atom stereocenters. The number of benzene rings is 4. The standard InChI is InChI=1S/C33H28N2O7/c1-38-24-11-5-20(6-12-24)31-32(21-7-13-25(39-2)14-8-21)35-27-17-23(9-15-26(27)34-31)33(37)42-19-28(36)22-10-16-29(40-3)30(18-22)41-4/h5-18H,19H2,1-4H3. The van der Waals surface area contributed by atoms with Gasteiger partial charge in [-0.25, -0.2) is 14.8 Å². The van der Waals surface area contributed by atoms with Crippen LogP contribution in [0.2, 0.25) is 0 Å². The van der Waals surface area contributed by atoms with Crippen molar-refractivity contribution in [1.29, 1.82) is 0 Å². The van der Waals surface area contributed by atoms with Crippen molar-refractivity contribution in [2.75, 3.05) is 35.0 Å². The minimum Gasteiger partial charge on any atom is -0.497 e. The number of esters is 1. The van der Waals surface area contributed by atoms with Gasteiger partial charge in [0.1, 0.15) is 11.5 Å². The van der Waals surface area contributed by atoms with E-state index in [4.69, 9.17) is 33.7 Å². The van der Waals surface area contributed by atoms with E-state index in [2.05, 4.69) is 0 Å². The zero-order chi connectivity index (χ0) is 29.6. The average molecular weight is 565 g/mol. The number of hydrogen-bond donors (Lipinski definition) is 0. The highest BCUT2D eigenvalue weighted by atomic mass is 16.5. The summed E-state index contributed by atoms with van der Waals surface area (Å²) in [6.07, 6.45) is 0. The molecule has 0 spiro atoms. The summed E-state index contributed by atoms with van der Waals surface area (Å²) in [6, 6.07) is 24.7. The summed E-state index contributed by atoms with van der Waals surface area (Å²) in [5, 5.41) is 0. The molecule has 9 nitrogen and oxygen atoms in total. The second-order valence-electron chi connectivity index (χ2n) is 9.15. The van der Waals surface area contributed by atoms with Crippen LogP contribution >= 0.6 is 0 Å². The van der Waals surface area contributed by atoms with Crippen LogP contribution in [0.4, 0.5) is 0 Å². The van der Waals surface area contributed by atoms with Crippen molar-refractivity contribution in [3.63, 3.8) is 0 Å². The monoisotopic (exact) mass is 564 g/mol. The molecule has 42 heavy (non-hydrogen) atoms. The average Bonchev–Trinajstić information content (AvgIpc) is 3.05. The SMILES string of the molecule is COc1ccc(-c2nc3ccc(C(=O)OCC(=O)c4ccc(OC)c(OC)c4)cc3nc2-c2ccc(OC)cc2)cc1. The molecule has 0 N–H and O–H groups in total. The fourth-order valence-electron chi connectivity index (χ4n) is 4.39. The number of ketones is 1. The Morgan fingerprint density at radius 1 is 0.571 bits per heavy atom. The third-order valence-electron chi connectivity index (χ3n) is 6.67. The van der Waals surface area contributed by atoms with Crippen molar-refractivity contribution >= 4 is 22.8 Å². The number of carbonyl (C=O) groups is 2. The molecule has 5 rings (SSSR count). The zero-order valence-corrected chi connectivity index (χ0v) is 23.5. The predicted molar refractivity (Wildman–Crippen MR) is 158 cm³/mol. The molecule has 0 aliphatic rings. The lowest BCUT2D eigenvalue weighted by molar-refractivity contribution is 0.0475. The van der Waals surface area contributed by atoms with Crippen LogP contribution in [0.3, 0.4) is 0 Å². The number of ether oxygens (including phenoxy) is 5. The maximum Gasteiger partial charge on any atom is 0.338 e. The lowest BCUT2D eigenvalue weighted by Crippen LogP contribution is -2.14. The summed E-state index contributed by atoms with van der Waals surface area (Å²) in [7, 11) is 6.21. The highest BCUT2D eigenvalue weighted by Crippen LogP contribution is 2.33. The molecule has 0 saturated carbocycles. The quantitative estimate of drug-likeness (QED) is 0.148. The van der Waals surface area contributed by atoms with Crippen molar-refractivity contribution in [3.8, 4) is 45.5 Å². The number of methoxy groups -OCH3 is 4. The molecule has 0 unspecified atom stereocenters. The minimum absolute atomic E-state index is 0.245. The van der Waals surface area contributed by atoms with E-state index in [1.165, 1.54) is 14.2 Å². The minimum atomic E-state index is -0.655. The summed E-state index contributed by atoms with van der Waals surface area (Å²) in [5.74, 6) is 1.31. The van der Waals surface area contributed by atoms with Crippen LogP contribution < -0.4 is 18.9 Å². The Morgan fingerprint density at radius 3 is 1.67 bits per heavy atom. The number of Topliss-reactive ketones (excluding diaryl/α,β-unsaturated/α-hetero) is 1. The van der Waals surface area contributed by atoms with Gasteiger partial charge in [-0.05, 0) is 84.9 Å². The molecule has 0 amide bonds. The van der Waals surface area contributed by atoms with Crippen LogP contribution in [-0.2, 0) is 4.74 Å². The van der Waals surface area contributed by atoms with E-state index in [9.17, 15) is 9.59 Å². The molecule has 9 heteroatoms. The van der Waals surface area contributed by atoms with E-state index in [0.29, 0.717) is 45.2 Å². The van der Waals surface area contributed by atoms with Crippen LogP contribution in [0.5, 0.6) is 23.0 Å². The van der Waals surface area contributed by atoms with E-state index in [1.807, 2.05) is 48.5 Å². The summed E-state index contributed by atoms with van der Waals surface area (Å²) in [4.78, 5) is 35.4. The van der Waals surface area contributed by atoms with Crippen molar-refractivity contribution in [2.45, 2.75) is 0 Å². The summed E-state index contributed by atoms with van der Waals surface area (Å²) in [6.45, 7) is -0.439. The Hall–Kier alpha value is -5.44. The van der Waals surface area contributed by atoms with Gasteiger partial charge in [0.2, 0.25) is 0 Å². The Labute approximate surface area is 242 Å². The van der Waals surface area contributed by atoms with Gasteiger partial charge in [0.25, 0.3) is 0 Å². The topological polar surface area (TPSA) is 106 Å². The van der Waals surface area contributed by atoms with Crippen molar-refractivity contribution in [2.24, 2.45) is 0 Å². The van der Waals surface area contributed by atoms with Crippen molar-refractivity contribution in [1.82, 2.24) is 9.97 Å². The first-order valence-electron chi connectivity index (χ1n) is 13.0. The third kappa shape index (κ3) is 5.85. The van der Waals surface area contributed by atoms with E-state index in [1.54, 1.807) is 50.6 Å². The van der Waals surface area contributed by atoms with Crippen molar-refractivity contribution in [3.05, 3.63) is 96.1 Å². The second-order valence-corrected chi connectivity index (χ2v) is 9.15. The van der Waals surface area contributed by atoms with Gasteiger partial charge in [-0.1, -0.05) is 0 Å². The molecule has 0 fully saturated rings. The molecule has 1 aromatic heterocycles. The van der Waals surface area contributed by atoms with Gasteiger partial charge < -0.3 is 23.7 Å². The smallest absolute Gasteiger partial charge is 0.338 e. The fraction of sp³-hybridized carbons (Fsp3) is 0.152. The van der Waals surface area contributed by atoms with E-state index in [0.717, 1.165) is 16.9 Å². The van der Waals surface area contributed by atoms with Gasteiger partial charge in [-0.2, -0.15) is 0 Å². The number of nitrogens with zero attached hydrogens (tertiary/aromatic N) is 2. The molecule has 212 valence electrons. The van der Waals surface area contributed by atoms with Gasteiger partial charge >= 0.3 is 5.97 Å². The molecule has 4 aromatic carbocycles. The molecular formula is C33H28N2O7. The zero-order valence-electron chi connectivity index (χ0n) is 23.5. The highest BCUT2D eigenvalue weighted by Gasteiger charge is 2.18. The maximum absolute atomic E-state index is 12.9. The van der Waals surface area contributed by atoms with Crippen molar-refractivity contribution < 1.29 is 33.3 Å². The molecule has 0 saturated heterocycles. The summed E-state index contributed by atoms with van der Waals surface area (Å²) < 4.78 is 26.4. The van der Waals surface area contributed by atoms with Crippen LogP contribution in [0.1, 0.15) is 20.7 Å². The van der Waals surface area contributed by atoms with Gasteiger partial charge in [-0.15, -0.1) is 0 Å². The van der Waals surface area contributed by atoms with Gasteiger partial charge in [-0.3, -0.25) is 4.79 Å². The maximum atomic E-state index is 12.9. The number of hydrogen-bond acceptors (Lipinski definition) is 9. The lowest BCUT2D eigenvalue weighted by Gasteiger charge is -2.12.